The Balaban J connectivity index is 0.000000273. The van der Waals surface area contributed by atoms with Crippen LogP contribution in [-0.4, -0.2) is 23.1 Å². The van der Waals surface area contributed by atoms with Crippen LogP contribution in [0, 0.1) is 6.92 Å². The molecular weight excluding hydrogens is 607 g/mol. The highest BCUT2D eigenvalue weighted by Crippen LogP contribution is 2.48. The minimum atomic E-state index is -4.27. The average molecular weight is 636 g/mol. The zero-order valence-corrected chi connectivity index (χ0v) is 26.2. The van der Waals surface area contributed by atoms with E-state index in [1.54, 1.807) is 12.1 Å². The van der Waals surface area contributed by atoms with E-state index in [9.17, 15) is 13.0 Å². The summed E-state index contributed by atoms with van der Waals surface area (Å²) in [5, 5.41) is 8.64. The fourth-order valence-electron chi connectivity index (χ4n) is 5.48. The van der Waals surface area contributed by atoms with Crippen LogP contribution in [-0.2, 0) is 10.1 Å². The summed E-state index contributed by atoms with van der Waals surface area (Å²) in [6, 6.07) is 49.3. The smallest absolute Gasteiger partial charge is 0.266 e. The van der Waals surface area contributed by atoms with Crippen molar-refractivity contribution < 1.29 is 17.7 Å². The van der Waals surface area contributed by atoms with E-state index >= 15 is 0 Å². The molecule has 7 aromatic rings. The highest BCUT2D eigenvalue weighted by atomic mass is 32.2. The standard InChI is InChI=1S/C31H22N5.C7H8O3S/c1-4-12-22(13-5-1)31-33-27-20-26-29(21-30(27)36(34-31)24-16-8-3-9-17-24)35(23-14-6-2-7-15-23)28-19-11-10-18-25(28)32-26;1-6-2-4-7(5-3-6)11(8,9)10/h1-21,32H;2-5H,1H3,(H,8,9,10)/q+1;/p-1. The first-order chi connectivity index (χ1) is 22.8. The second-order valence-electron chi connectivity index (χ2n) is 11.0. The van der Waals surface area contributed by atoms with Crippen LogP contribution in [0.4, 0.5) is 28.4 Å². The predicted octanol–water partition coefficient (Wildman–Crippen LogP) is 8.00. The van der Waals surface area contributed by atoms with Crippen molar-refractivity contribution in [2.45, 2.75) is 11.8 Å². The van der Waals surface area contributed by atoms with Crippen molar-refractivity contribution in [2.24, 2.45) is 0 Å². The van der Waals surface area contributed by atoms with Crippen LogP contribution in [0.3, 0.4) is 0 Å². The van der Waals surface area contributed by atoms with E-state index in [0.717, 1.165) is 56.3 Å². The van der Waals surface area contributed by atoms with E-state index in [-0.39, 0.29) is 4.90 Å². The zero-order valence-electron chi connectivity index (χ0n) is 25.4. The normalized spacial score (nSPS) is 11.9. The highest BCUT2D eigenvalue weighted by molar-refractivity contribution is 7.85. The quantitative estimate of drug-likeness (QED) is 0.154. The first-order valence-corrected chi connectivity index (χ1v) is 16.4. The van der Waals surface area contributed by atoms with Crippen molar-refractivity contribution in [3.05, 3.63) is 157 Å². The second kappa shape index (κ2) is 12.5. The Morgan fingerprint density at radius 1 is 0.681 bits per heavy atom. The lowest BCUT2D eigenvalue weighted by Crippen LogP contribution is -2.37. The summed E-state index contributed by atoms with van der Waals surface area (Å²) in [5.41, 5.74) is 10.00. The minimum absolute atomic E-state index is 0.178. The van der Waals surface area contributed by atoms with Crippen molar-refractivity contribution in [1.82, 2.24) is 10.1 Å². The van der Waals surface area contributed by atoms with Gasteiger partial charge in [-0.1, -0.05) is 96.6 Å². The van der Waals surface area contributed by atoms with Gasteiger partial charge in [0.05, 0.1) is 27.6 Å². The lowest BCUT2D eigenvalue weighted by molar-refractivity contribution is -0.632. The van der Waals surface area contributed by atoms with E-state index in [1.165, 1.54) is 12.1 Å². The van der Waals surface area contributed by atoms with Gasteiger partial charge in [-0.25, -0.2) is 13.4 Å². The first-order valence-electron chi connectivity index (χ1n) is 15.0. The number of aryl methyl sites for hydroxylation is 1. The minimum Gasteiger partial charge on any atom is -0.744 e. The van der Waals surface area contributed by atoms with Gasteiger partial charge in [0.1, 0.15) is 15.6 Å². The maximum Gasteiger partial charge on any atom is 0.266 e. The first kappa shape index (κ1) is 29.8. The van der Waals surface area contributed by atoms with Gasteiger partial charge in [-0.05, 0) is 54.1 Å². The van der Waals surface area contributed by atoms with Crippen molar-refractivity contribution in [3.8, 4) is 17.1 Å². The van der Waals surface area contributed by atoms with Crippen molar-refractivity contribution in [1.29, 1.82) is 0 Å². The van der Waals surface area contributed by atoms with Crippen LogP contribution in [0.5, 0.6) is 0 Å². The van der Waals surface area contributed by atoms with Crippen LogP contribution in [0.2, 0.25) is 0 Å². The summed E-state index contributed by atoms with van der Waals surface area (Å²) in [7, 11) is -4.27. The molecule has 0 fully saturated rings. The number of rotatable bonds is 4. The Morgan fingerprint density at radius 3 is 1.98 bits per heavy atom. The van der Waals surface area contributed by atoms with Crippen LogP contribution in [0.15, 0.2) is 157 Å². The molecule has 0 atom stereocenters. The summed E-state index contributed by atoms with van der Waals surface area (Å²) < 4.78 is 33.2. The molecule has 2 heterocycles. The number of aromatic nitrogens is 3. The molecule has 0 amide bonds. The molecule has 8 nitrogen and oxygen atoms in total. The lowest BCUT2D eigenvalue weighted by Gasteiger charge is -2.33. The molecular formula is C38H29N5O3S. The van der Waals surface area contributed by atoms with Gasteiger partial charge in [0.25, 0.3) is 5.52 Å². The third kappa shape index (κ3) is 6.17. The predicted molar refractivity (Wildman–Crippen MR) is 184 cm³/mol. The summed E-state index contributed by atoms with van der Waals surface area (Å²) >= 11 is 0. The molecule has 8 rings (SSSR count). The maximum atomic E-state index is 10.4. The molecule has 1 aliphatic heterocycles. The van der Waals surface area contributed by atoms with Gasteiger partial charge in [-0.3, -0.25) is 0 Å². The van der Waals surface area contributed by atoms with Crippen LogP contribution >= 0.6 is 0 Å². The summed E-state index contributed by atoms with van der Waals surface area (Å²) in [5.74, 6) is 0.683. The number of anilines is 5. The molecule has 0 bridgehead atoms. The molecule has 47 heavy (non-hydrogen) atoms. The van der Waals surface area contributed by atoms with E-state index in [4.69, 9.17) is 10.1 Å². The molecule has 9 heteroatoms. The number of benzene rings is 6. The monoisotopic (exact) mass is 635 g/mol. The van der Waals surface area contributed by atoms with E-state index in [1.807, 2.05) is 66.2 Å². The van der Waals surface area contributed by atoms with Gasteiger partial charge in [0.2, 0.25) is 11.5 Å². The second-order valence-corrected chi connectivity index (χ2v) is 12.4. The van der Waals surface area contributed by atoms with Crippen molar-refractivity contribution in [3.63, 3.8) is 0 Å². The van der Waals surface area contributed by atoms with Gasteiger partial charge in [-0.2, -0.15) is 0 Å². The summed E-state index contributed by atoms with van der Waals surface area (Å²) in [6.45, 7) is 1.82. The van der Waals surface area contributed by atoms with E-state index in [0.29, 0.717) is 5.82 Å². The number of hydrogen-bond acceptors (Lipinski definition) is 7. The summed E-state index contributed by atoms with van der Waals surface area (Å²) in [4.78, 5) is 7.12. The van der Waals surface area contributed by atoms with Crippen molar-refractivity contribution in [2.75, 3.05) is 10.2 Å². The molecule has 0 aliphatic carbocycles. The molecule has 6 aromatic carbocycles. The average Bonchev–Trinajstić information content (AvgIpc) is 3.10. The molecule has 0 saturated heterocycles. The van der Waals surface area contributed by atoms with Crippen LogP contribution < -0.4 is 14.9 Å². The largest absolute Gasteiger partial charge is 0.744 e. The fraction of sp³-hybridized carbons (Fsp3) is 0.0263. The summed E-state index contributed by atoms with van der Waals surface area (Å²) in [6.07, 6.45) is 0. The number of nitrogens with zero attached hydrogens (tertiary/aromatic N) is 4. The molecule has 1 aromatic heterocycles. The highest BCUT2D eigenvalue weighted by Gasteiger charge is 2.28. The van der Waals surface area contributed by atoms with E-state index in [2.05, 4.69) is 83.0 Å². The molecule has 0 saturated carbocycles. The third-order valence-electron chi connectivity index (χ3n) is 7.75. The number of fused-ring (bicyclic) bond motifs is 3. The zero-order chi connectivity index (χ0) is 32.4. The molecule has 0 spiro atoms. The Kier molecular flexibility index (Phi) is 7.91. The van der Waals surface area contributed by atoms with Gasteiger partial charge >= 0.3 is 0 Å². The Bertz CT molecular complexity index is 2300. The van der Waals surface area contributed by atoms with Crippen LogP contribution in [0.1, 0.15) is 5.56 Å². The molecule has 230 valence electrons. The SMILES string of the molecule is Cc1ccc(S(=O)(=O)[O-])cc1.c1ccc(-c2nc3cc4c(cc3[n+](-c3ccccc3)n2)N(c2ccccc2)c2ccccc2N4)cc1. The van der Waals surface area contributed by atoms with Gasteiger partial charge in [0, 0.05) is 34.5 Å². The molecule has 1 N–H and O–H groups in total. The number of nitrogens with one attached hydrogen (secondary N) is 1. The fourth-order valence-corrected chi connectivity index (χ4v) is 5.95. The number of hydrogen-bond donors (Lipinski definition) is 1. The third-order valence-corrected chi connectivity index (χ3v) is 8.60. The maximum absolute atomic E-state index is 10.4. The molecule has 0 unspecified atom stereocenters. The topological polar surface area (TPSA) is 102 Å². The van der Waals surface area contributed by atoms with Crippen molar-refractivity contribution >= 4 is 49.6 Å². The van der Waals surface area contributed by atoms with Gasteiger partial charge < -0.3 is 14.8 Å². The lowest BCUT2D eigenvalue weighted by atomic mass is 10.1. The number of para-hydroxylation sites is 4. The molecule has 0 radical (unpaired) electrons. The Hall–Kier alpha value is -5.90. The van der Waals surface area contributed by atoms with E-state index < -0.39 is 10.1 Å². The molecule has 1 aliphatic rings. The van der Waals surface area contributed by atoms with Gasteiger partial charge in [-0.15, -0.1) is 0 Å². The Morgan fingerprint density at radius 2 is 1.30 bits per heavy atom. The van der Waals surface area contributed by atoms with Gasteiger partial charge in [0.15, 0.2) is 0 Å². The Labute approximate surface area is 273 Å². The van der Waals surface area contributed by atoms with Crippen LogP contribution in [0.25, 0.3) is 28.1 Å².